The topological polar surface area (TPSA) is 130 Å². The van der Waals surface area contributed by atoms with Crippen LogP contribution in [0.15, 0.2) is 64.8 Å². The van der Waals surface area contributed by atoms with Crippen LogP contribution in [0.1, 0.15) is 0 Å². The number of halogens is 2. The van der Waals surface area contributed by atoms with Crippen LogP contribution in [0.5, 0.6) is 23.4 Å². The van der Waals surface area contributed by atoms with E-state index in [4.69, 9.17) is 21.4 Å². The predicted octanol–water partition coefficient (Wildman–Crippen LogP) is 5.78. The van der Waals surface area contributed by atoms with Gasteiger partial charge in [-0.2, -0.15) is 4.98 Å². The van der Waals surface area contributed by atoms with Crippen molar-refractivity contribution in [3.05, 3.63) is 65.4 Å². The highest BCUT2D eigenvalue weighted by molar-refractivity contribution is 6.32. The third-order valence-corrected chi connectivity index (χ3v) is 4.55. The molecule has 11 heteroatoms. The minimum atomic E-state index is -1.53. The molecule has 9 nitrogen and oxygen atoms in total. The zero-order chi connectivity index (χ0) is 22.1. The Balaban J connectivity index is 1.92. The van der Waals surface area contributed by atoms with Gasteiger partial charge < -0.3 is 20.1 Å². The lowest BCUT2D eigenvalue weighted by Gasteiger charge is -2.14. The van der Waals surface area contributed by atoms with E-state index in [0.29, 0.717) is 10.8 Å². The first-order chi connectivity index (χ1) is 14.8. The number of carboxylic acid groups (broad SMARTS) is 1. The Hall–Kier alpha value is -4.18. The number of hydrogen-bond donors (Lipinski definition) is 3. The van der Waals surface area contributed by atoms with Crippen molar-refractivity contribution in [1.82, 2.24) is 9.55 Å². The van der Waals surface area contributed by atoms with Crippen molar-refractivity contribution < 1.29 is 29.2 Å². The molecule has 0 saturated carbocycles. The SMILES string of the molecule is O=C(O)N=Nc1ccc(-n2c(O)c3ccccc3c2O)c(Oc2cc(F)ccc2Cl)n1. The summed E-state index contributed by atoms with van der Waals surface area (Å²) in [6.07, 6.45) is -1.53. The lowest BCUT2D eigenvalue weighted by molar-refractivity contribution is 0.204. The Morgan fingerprint density at radius 2 is 1.74 bits per heavy atom. The molecule has 0 radical (unpaired) electrons. The standard InChI is InChI=1S/C20H12ClFN4O5/c21-13-6-5-10(22)9-15(13)31-17-14(7-8-16(23-17)24-25-20(29)30)26-18(27)11-3-1-2-4-12(11)19(26)28/h1-9,27-28H,(H,29,30). The molecule has 2 aromatic heterocycles. The monoisotopic (exact) mass is 442 g/mol. The molecule has 3 N–H and O–H groups in total. The molecule has 0 aliphatic carbocycles. The first-order valence-corrected chi connectivity index (χ1v) is 9.03. The molecule has 31 heavy (non-hydrogen) atoms. The Labute approximate surface area is 178 Å². The van der Waals surface area contributed by atoms with Crippen LogP contribution in [-0.4, -0.2) is 31.0 Å². The Morgan fingerprint density at radius 1 is 1.06 bits per heavy atom. The second-order valence-corrected chi connectivity index (χ2v) is 6.59. The lowest BCUT2D eigenvalue weighted by Crippen LogP contribution is -2.00. The molecule has 0 unspecified atom stereocenters. The fraction of sp³-hybridized carbons (Fsp3) is 0. The summed E-state index contributed by atoms with van der Waals surface area (Å²) in [7, 11) is 0. The largest absolute Gasteiger partial charge is 0.494 e. The second kappa shape index (κ2) is 7.92. The van der Waals surface area contributed by atoms with Gasteiger partial charge in [-0.1, -0.05) is 28.8 Å². The average molecular weight is 443 g/mol. The molecule has 0 aliphatic rings. The van der Waals surface area contributed by atoms with Crippen molar-refractivity contribution in [2.24, 2.45) is 10.2 Å². The molecule has 156 valence electrons. The molecule has 2 aromatic carbocycles. The van der Waals surface area contributed by atoms with Gasteiger partial charge in [-0.15, -0.1) is 5.11 Å². The number of fused-ring (bicyclic) bond motifs is 1. The lowest BCUT2D eigenvalue weighted by atomic mass is 10.2. The van der Waals surface area contributed by atoms with Gasteiger partial charge in [0.1, 0.15) is 11.5 Å². The van der Waals surface area contributed by atoms with E-state index in [2.05, 4.69) is 15.2 Å². The maximum Gasteiger partial charge on any atom is 0.450 e. The van der Waals surface area contributed by atoms with E-state index in [-0.39, 0.29) is 39.9 Å². The van der Waals surface area contributed by atoms with Gasteiger partial charge in [-0.25, -0.2) is 13.8 Å². The first kappa shape index (κ1) is 20.1. The van der Waals surface area contributed by atoms with Crippen molar-refractivity contribution >= 4 is 34.3 Å². The van der Waals surface area contributed by atoms with E-state index < -0.39 is 11.9 Å². The zero-order valence-electron chi connectivity index (χ0n) is 15.4. The van der Waals surface area contributed by atoms with E-state index in [9.17, 15) is 19.4 Å². The smallest absolute Gasteiger partial charge is 0.450 e. The van der Waals surface area contributed by atoms with E-state index in [1.807, 2.05) is 0 Å². The molecule has 0 atom stereocenters. The summed E-state index contributed by atoms with van der Waals surface area (Å²) in [6.45, 7) is 0. The summed E-state index contributed by atoms with van der Waals surface area (Å²) < 4.78 is 20.4. The fourth-order valence-electron chi connectivity index (χ4n) is 2.92. The first-order valence-electron chi connectivity index (χ1n) is 8.65. The Morgan fingerprint density at radius 3 is 2.39 bits per heavy atom. The summed E-state index contributed by atoms with van der Waals surface area (Å²) in [5, 5.41) is 37.3. The Kier molecular flexibility index (Phi) is 5.14. The number of azo groups is 1. The van der Waals surface area contributed by atoms with Crippen molar-refractivity contribution in [1.29, 1.82) is 0 Å². The van der Waals surface area contributed by atoms with Crippen LogP contribution in [-0.2, 0) is 0 Å². The van der Waals surface area contributed by atoms with Gasteiger partial charge in [0.15, 0.2) is 11.6 Å². The number of pyridine rings is 1. The average Bonchev–Trinajstić information content (AvgIpc) is 3.00. The quantitative estimate of drug-likeness (QED) is 0.343. The molecule has 0 saturated heterocycles. The molecule has 0 aliphatic heterocycles. The molecule has 4 aromatic rings. The normalized spacial score (nSPS) is 11.3. The summed E-state index contributed by atoms with van der Waals surface area (Å²) in [4.78, 5) is 14.7. The minimum absolute atomic E-state index is 0.0563. The van der Waals surface area contributed by atoms with Crippen molar-refractivity contribution in [2.45, 2.75) is 0 Å². The number of ether oxygens (including phenoxy) is 1. The highest BCUT2D eigenvalue weighted by atomic mass is 35.5. The van der Waals surface area contributed by atoms with Crippen LogP contribution >= 0.6 is 11.6 Å². The second-order valence-electron chi connectivity index (χ2n) is 6.18. The number of aromatic nitrogens is 2. The van der Waals surface area contributed by atoms with Crippen LogP contribution < -0.4 is 4.74 Å². The third kappa shape index (κ3) is 3.83. The number of aromatic hydroxyl groups is 2. The molecular weight excluding hydrogens is 431 g/mol. The summed E-state index contributed by atoms with van der Waals surface area (Å²) in [5.74, 6) is -1.72. The summed E-state index contributed by atoms with van der Waals surface area (Å²) in [5.41, 5.74) is 0.0563. The number of rotatable bonds is 4. The molecule has 4 rings (SSSR count). The molecule has 0 bridgehead atoms. The number of nitrogens with zero attached hydrogens (tertiary/aromatic N) is 4. The zero-order valence-corrected chi connectivity index (χ0v) is 16.2. The van der Waals surface area contributed by atoms with E-state index in [1.54, 1.807) is 24.3 Å². The van der Waals surface area contributed by atoms with Gasteiger partial charge in [0.25, 0.3) is 0 Å². The van der Waals surface area contributed by atoms with Crippen LogP contribution in [0, 0.1) is 5.82 Å². The van der Waals surface area contributed by atoms with Gasteiger partial charge in [-0.05, 0) is 36.4 Å². The molecule has 1 amide bonds. The van der Waals surface area contributed by atoms with Crippen molar-refractivity contribution in [3.63, 3.8) is 0 Å². The number of hydrogen-bond acceptors (Lipinski definition) is 6. The number of benzene rings is 2. The van der Waals surface area contributed by atoms with Crippen LogP contribution in [0.2, 0.25) is 5.02 Å². The Bertz CT molecular complexity index is 1320. The minimum Gasteiger partial charge on any atom is -0.494 e. The molecular formula is C20H12ClFN4O5. The van der Waals surface area contributed by atoms with E-state index in [0.717, 1.165) is 16.7 Å². The van der Waals surface area contributed by atoms with Crippen LogP contribution in [0.4, 0.5) is 15.0 Å². The third-order valence-electron chi connectivity index (χ3n) is 4.24. The van der Waals surface area contributed by atoms with Crippen LogP contribution in [0.25, 0.3) is 16.5 Å². The maximum absolute atomic E-state index is 13.7. The van der Waals surface area contributed by atoms with Crippen molar-refractivity contribution in [2.75, 3.05) is 0 Å². The van der Waals surface area contributed by atoms with E-state index in [1.165, 1.54) is 18.2 Å². The van der Waals surface area contributed by atoms with Gasteiger partial charge >= 0.3 is 6.09 Å². The highest BCUT2D eigenvalue weighted by Crippen LogP contribution is 2.42. The van der Waals surface area contributed by atoms with Crippen molar-refractivity contribution in [3.8, 4) is 29.1 Å². The molecule has 0 fully saturated rings. The summed E-state index contributed by atoms with van der Waals surface area (Å²) in [6, 6.07) is 12.7. The molecule has 2 heterocycles. The number of carbonyl (C=O) groups is 1. The predicted molar refractivity (Wildman–Crippen MR) is 108 cm³/mol. The molecule has 0 spiro atoms. The van der Waals surface area contributed by atoms with Gasteiger partial charge in [0.05, 0.1) is 5.02 Å². The number of amides is 1. The van der Waals surface area contributed by atoms with Gasteiger partial charge in [0.2, 0.25) is 17.6 Å². The summed E-state index contributed by atoms with van der Waals surface area (Å²) >= 11 is 6.07. The van der Waals surface area contributed by atoms with Gasteiger partial charge in [0, 0.05) is 16.8 Å². The maximum atomic E-state index is 13.7. The van der Waals surface area contributed by atoms with Gasteiger partial charge in [-0.3, -0.25) is 0 Å². The van der Waals surface area contributed by atoms with E-state index >= 15 is 0 Å². The van der Waals surface area contributed by atoms with Crippen LogP contribution in [0.3, 0.4) is 0 Å². The fourth-order valence-corrected chi connectivity index (χ4v) is 3.08. The highest BCUT2D eigenvalue weighted by Gasteiger charge is 2.22.